The summed E-state index contributed by atoms with van der Waals surface area (Å²) in [6, 6.07) is 17.1. The molecule has 0 aliphatic carbocycles. The van der Waals surface area contributed by atoms with E-state index in [0.29, 0.717) is 22.2 Å². The molecule has 0 saturated carbocycles. The fraction of sp³-hybridized carbons (Fsp3) is 0.0952. The zero-order valence-electron chi connectivity index (χ0n) is 16.2. The normalized spacial score (nSPS) is 10.9. The van der Waals surface area contributed by atoms with E-state index in [1.54, 1.807) is 36.4 Å². The first-order chi connectivity index (χ1) is 14.3. The van der Waals surface area contributed by atoms with Crippen molar-refractivity contribution in [3.05, 3.63) is 77.3 Å². The number of halogens is 1. The van der Waals surface area contributed by atoms with E-state index < -0.39 is 15.9 Å². The number of methoxy groups -OCH3 is 2. The van der Waals surface area contributed by atoms with Crippen LogP contribution in [0, 0.1) is 0 Å². The van der Waals surface area contributed by atoms with E-state index in [0.717, 1.165) is 0 Å². The summed E-state index contributed by atoms with van der Waals surface area (Å²) in [5, 5.41) is 3.06. The summed E-state index contributed by atoms with van der Waals surface area (Å²) in [7, 11) is -1.04. The molecule has 0 aliphatic heterocycles. The lowest BCUT2D eigenvalue weighted by Crippen LogP contribution is -2.16. The van der Waals surface area contributed by atoms with Crippen LogP contribution in [0.15, 0.2) is 71.6 Å². The molecule has 3 rings (SSSR count). The van der Waals surface area contributed by atoms with Gasteiger partial charge in [-0.05, 0) is 48.5 Å². The minimum absolute atomic E-state index is 0.0807. The summed E-state index contributed by atoms with van der Waals surface area (Å²) in [5.41, 5.74) is 0.893. The van der Waals surface area contributed by atoms with E-state index >= 15 is 0 Å². The van der Waals surface area contributed by atoms with Gasteiger partial charge in [0.2, 0.25) is 0 Å². The van der Waals surface area contributed by atoms with E-state index in [2.05, 4.69) is 10.0 Å². The van der Waals surface area contributed by atoms with Gasteiger partial charge in [0.1, 0.15) is 11.5 Å². The molecule has 0 radical (unpaired) electrons. The molecule has 3 aromatic carbocycles. The fourth-order valence-electron chi connectivity index (χ4n) is 2.67. The van der Waals surface area contributed by atoms with Crippen molar-refractivity contribution >= 4 is 38.9 Å². The molecule has 0 fully saturated rings. The zero-order chi connectivity index (χ0) is 21.7. The first kappa shape index (κ1) is 21.5. The van der Waals surface area contributed by atoms with E-state index in [1.165, 1.54) is 44.6 Å². The van der Waals surface area contributed by atoms with Gasteiger partial charge in [-0.1, -0.05) is 23.7 Å². The number of carbonyl (C=O) groups is 1. The lowest BCUT2D eigenvalue weighted by atomic mass is 10.2. The van der Waals surface area contributed by atoms with Gasteiger partial charge in [-0.15, -0.1) is 0 Å². The Labute approximate surface area is 179 Å². The van der Waals surface area contributed by atoms with Gasteiger partial charge in [0.05, 0.1) is 24.8 Å². The van der Waals surface area contributed by atoms with Gasteiger partial charge in [-0.25, -0.2) is 8.42 Å². The van der Waals surface area contributed by atoms with Crippen LogP contribution >= 0.6 is 11.6 Å². The number of benzene rings is 3. The minimum Gasteiger partial charge on any atom is -0.497 e. The van der Waals surface area contributed by atoms with E-state index in [-0.39, 0.29) is 16.1 Å². The number of amides is 1. The van der Waals surface area contributed by atoms with E-state index in [4.69, 9.17) is 21.1 Å². The highest BCUT2D eigenvalue weighted by molar-refractivity contribution is 7.92. The molecule has 0 aliphatic rings. The van der Waals surface area contributed by atoms with Crippen molar-refractivity contribution in [1.82, 2.24) is 0 Å². The second-order valence-electron chi connectivity index (χ2n) is 6.16. The molecule has 0 bridgehead atoms. The van der Waals surface area contributed by atoms with Gasteiger partial charge < -0.3 is 14.8 Å². The van der Waals surface area contributed by atoms with Crippen molar-refractivity contribution < 1.29 is 22.7 Å². The fourth-order valence-corrected chi connectivity index (χ4v) is 3.95. The van der Waals surface area contributed by atoms with Gasteiger partial charge in [-0.2, -0.15) is 0 Å². The Morgan fingerprint density at radius 2 is 1.70 bits per heavy atom. The van der Waals surface area contributed by atoms with Crippen molar-refractivity contribution in [2.75, 3.05) is 24.3 Å². The Morgan fingerprint density at radius 1 is 0.933 bits per heavy atom. The summed E-state index contributed by atoms with van der Waals surface area (Å²) < 4.78 is 38.4. The van der Waals surface area contributed by atoms with Gasteiger partial charge in [0, 0.05) is 22.3 Å². The van der Waals surface area contributed by atoms with Crippen molar-refractivity contribution in [3.8, 4) is 11.5 Å². The molecule has 0 heterocycles. The average molecular weight is 447 g/mol. The van der Waals surface area contributed by atoms with E-state index in [1.807, 2.05) is 0 Å². The molecule has 3 aromatic rings. The highest BCUT2D eigenvalue weighted by Crippen LogP contribution is 2.30. The van der Waals surface area contributed by atoms with Crippen LogP contribution in [-0.4, -0.2) is 28.5 Å². The lowest BCUT2D eigenvalue weighted by Gasteiger charge is -2.13. The Hall–Kier alpha value is -3.23. The molecule has 1 amide bonds. The monoisotopic (exact) mass is 446 g/mol. The number of hydrogen-bond donors (Lipinski definition) is 2. The Bertz CT molecular complexity index is 1180. The first-order valence-corrected chi connectivity index (χ1v) is 10.6. The van der Waals surface area contributed by atoms with Gasteiger partial charge >= 0.3 is 0 Å². The van der Waals surface area contributed by atoms with Crippen LogP contribution in [0.3, 0.4) is 0 Å². The number of rotatable bonds is 7. The van der Waals surface area contributed by atoms with Gasteiger partial charge in [-0.3, -0.25) is 9.52 Å². The number of anilines is 2. The summed E-state index contributed by atoms with van der Waals surface area (Å²) in [5.74, 6) is 0.444. The van der Waals surface area contributed by atoms with Crippen molar-refractivity contribution in [1.29, 1.82) is 0 Å². The third-order valence-electron chi connectivity index (χ3n) is 4.14. The summed E-state index contributed by atoms with van der Waals surface area (Å²) in [4.78, 5) is 12.5. The molecule has 0 spiro atoms. The number of carbonyl (C=O) groups excluding carboxylic acids is 1. The second kappa shape index (κ2) is 9.06. The number of ether oxygens (including phenoxy) is 2. The predicted octanol–water partition coefficient (Wildman–Crippen LogP) is 4.41. The highest BCUT2D eigenvalue weighted by Gasteiger charge is 2.19. The van der Waals surface area contributed by atoms with Crippen LogP contribution in [-0.2, 0) is 10.0 Å². The molecule has 9 heteroatoms. The highest BCUT2D eigenvalue weighted by atomic mass is 35.5. The summed E-state index contributed by atoms with van der Waals surface area (Å²) in [6.07, 6.45) is 0. The maximum absolute atomic E-state index is 12.8. The maximum Gasteiger partial charge on any atom is 0.262 e. The SMILES string of the molecule is COc1cccc(NC(=O)c2cccc(S(=O)(=O)Nc3cc(Cl)ccc3OC)c2)c1. The molecule has 2 N–H and O–H groups in total. The van der Waals surface area contributed by atoms with Crippen LogP contribution in [0.25, 0.3) is 0 Å². The van der Waals surface area contributed by atoms with Crippen LogP contribution in [0.5, 0.6) is 11.5 Å². The topological polar surface area (TPSA) is 93.7 Å². The van der Waals surface area contributed by atoms with Crippen molar-refractivity contribution in [3.63, 3.8) is 0 Å². The van der Waals surface area contributed by atoms with E-state index in [9.17, 15) is 13.2 Å². The largest absolute Gasteiger partial charge is 0.497 e. The molecular formula is C21H19ClN2O5S. The van der Waals surface area contributed by atoms with Crippen molar-refractivity contribution in [2.45, 2.75) is 4.90 Å². The molecule has 30 heavy (non-hydrogen) atoms. The molecule has 0 unspecified atom stereocenters. The first-order valence-electron chi connectivity index (χ1n) is 8.74. The molecular weight excluding hydrogens is 428 g/mol. The number of sulfonamides is 1. The van der Waals surface area contributed by atoms with Crippen LogP contribution in [0.1, 0.15) is 10.4 Å². The van der Waals surface area contributed by atoms with Crippen LogP contribution in [0.2, 0.25) is 5.02 Å². The number of hydrogen-bond acceptors (Lipinski definition) is 5. The zero-order valence-corrected chi connectivity index (χ0v) is 17.8. The molecule has 156 valence electrons. The summed E-state index contributed by atoms with van der Waals surface area (Å²) >= 11 is 5.96. The quantitative estimate of drug-likeness (QED) is 0.560. The molecule has 0 saturated heterocycles. The third kappa shape index (κ3) is 5.03. The minimum atomic E-state index is -3.99. The second-order valence-corrected chi connectivity index (χ2v) is 8.28. The van der Waals surface area contributed by atoms with Crippen LogP contribution in [0.4, 0.5) is 11.4 Å². The molecule has 7 nitrogen and oxygen atoms in total. The Balaban J connectivity index is 1.85. The van der Waals surface area contributed by atoms with Crippen molar-refractivity contribution in [2.24, 2.45) is 0 Å². The third-order valence-corrected chi connectivity index (χ3v) is 5.74. The summed E-state index contributed by atoms with van der Waals surface area (Å²) in [6.45, 7) is 0. The average Bonchev–Trinajstić information content (AvgIpc) is 2.74. The lowest BCUT2D eigenvalue weighted by molar-refractivity contribution is 0.102. The molecule has 0 aromatic heterocycles. The molecule has 0 atom stereocenters. The Morgan fingerprint density at radius 3 is 2.43 bits per heavy atom. The van der Waals surface area contributed by atoms with Gasteiger partial charge in [0.15, 0.2) is 0 Å². The predicted molar refractivity (Wildman–Crippen MR) is 116 cm³/mol. The Kier molecular flexibility index (Phi) is 6.49. The number of nitrogens with one attached hydrogen (secondary N) is 2. The standard InChI is InChI=1S/C21H19ClN2O5S/c1-28-17-7-4-6-16(13-17)23-21(25)14-5-3-8-18(11-14)30(26,27)24-19-12-15(22)9-10-20(19)29-2/h3-13,24H,1-2H3,(H,23,25). The maximum atomic E-state index is 12.8. The van der Waals surface area contributed by atoms with Gasteiger partial charge in [0.25, 0.3) is 15.9 Å². The smallest absolute Gasteiger partial charge is 0.262 e. The van der Waals surface area contributed by atoms with Crippen LogP contribution < -0.4 is 19.5 Å².